The highest BCUT2D eigenvalue weighted by atomic mass is 32.2. The number of nitrogens with one attached hydrogen (secondary N) is 1. The van der Waals surface area contributed by atoms with Gasteiger partial charge in [-0.2, -0.15) is 5.26 Å². The molecule has 0 saturated heterocycles. The Bertz CT molecular complexity index is 1160. The van der Waals surface area contributed by atoms with Crippen molar-refractivity contribution >= 4 is 23.3 Å². The Labute approximate surface area is 185 Å². The molecule has 1 atom stereocenters. The van der Waals surface area contributed by atoms with E-state index in [0.29, 0.717) is 33.0 Å². The third-order valence-corrected chi connectivity index (χ3v) is 6.42. The maximum absolute atomic E-state index is 13.5. The third-order valence-electron chi connectivity index (χ3n) is 5.41. The maximum atomic E-state index is 13.5. The van der Waals surface area contributed by atoms with Gasteiger partial charge in [0.1, 0.15) is 5.82 Å². The van der Waals surface area contributed by atoms with Gasteiger partial charge in [-0.15, -0.1) is 0 Å². The van der Waals surface area contributed by atoms with Crippen molar-refractivity contribution in [2.45, 2.75) is 33.6 Å². The number of aryl methyl sites for hydroxylation is 2. The van der Waals surface area contributed by atoms with E-state index in [1.165, 1.54) is 30.8 Å². The van der Waals surface area contributed by atoms with Crippen LogP contribution in [0, 0.1) is 31.0 Å². The number of nitrogens with zero attached hydrogens (tertiary/aromatic N) is 1. The van der Waals surface area contributed by atoms with E-state index in [1.807, 2.05) is 26.0 Å². The second-order valence-electron chi connectivity index (χ2n) is 7.57. The standard InChI is InChI=1S/C25H23FN2O2S/c1-14-5-6-19(11-15(14)2)22(30)13-31-25-21(12-27)24(18-7-9-20(26)10-8-18)23(17(4)29)16(3)28-25/h5-11,24,28H,13H2,1-4H3/t24-/m0/s1. The summed E-state index contributed by atoms with van der Waals surface area (Å²) in [6.07, 6.45) is 0. The Morgan fingerprint density at radius 1 is 1.10 bits per heavy atom. The lowest BCUT2D eigenvalue weighted by Crippen LogP contribution is -2.27. The van der Waals surface area contributed by atoms with Crippen LogP contribution in [-0.2, 0) is 4.79 Å². The Hall–Kier alpha value is -3.17. The van der Waals surface area contributed by atoms with Crippen molar-refractivity contribution in [3.63, 3.8) is 0 Å². The molecule has 6 heteroatoms. The minimum Gasteiger partial charge on any atom is -0.353 e. The van der Waals surface area contributed by atoms with Crippen molar-refractivity contribution < 1.29 is 14.0 Å². The van der Waals surface area contributed by atoms with Crippen molar-refractivity contribution in [1.82, 2.24) is 5.32 Å². The molecule has 1 aliphatic rings. The number of hydrogen-bond acceptors (Lipinski definition) is 5. The molecule has 1 aliphatic heterocycles. The molecule has 1 N–H and O–H groups in total. The quantitative estimate of drug-likeness (QED) is 0.621. The van der Waals surface area contributed by atoms with E-state index in [4.69, 9.17) is 0 Å². The molecule has 1 heterocycles. The van der Waals surface area contributed by atoms with Gasteiger partial charge in [0.15, 0.2) is 11.6 Å². The van der Waals surface area contributed by atoms with Gasteiger partial charge in [0, 0.05) is 16.8 Å². The van der Waals surface area contributed by atoms with Crippen LogP contribution in [0.2, 0.25) is 0 Å². The lowest BCUT2D eigenvalue weighted by molar-refractivity contribution is -0.113. The molecule has 0 bridgehead atoms. The molecule has 0 fully saturated rings. The highest BCUT2D eigenvalue weighted by Gasteiger charge is 2.33. The molecule has 2 aromatic carbocycles. The van der Waals surface area contributed by atoms with Crippen molar-refractivity contribution in [2.75, 3.05) is 5.75 Å². The molecule has 2 aromatic rings. The number of allylic oxidation sites excluding steroid dienone is 3. The van der Waals surface area contributed by atoms with E-state index in [-0.39, 0.29) is 23.1 Å². The predicted molar refractivity (Wildman–Crippen MR) is 121 cm³/mol. The first-order chi connectivity index (χ1) is 14.7. The maximum Gasteiger partial charge on any atom is 0.173 e. The number of hydrogen-bond donors (Lipinski definition) is 1. The van der Waals surface area contributed by atoms with Gasteiger partial charge in [-0.25, -0.2) is 4.39 Å². The van der Waals surface area contributed by atoms with Crippen molar-refractivity contribution in [1.29, 1.82) is 5.26 Å². The first-order valence-corrected chi connectivity index (χ1v) is 10.8. The predicted octanol–water partition coefficient (Wildman–Crippen LogP) is 5.34. The average Bonchev–Trinajstić information content (AvgIpc) is 2.73. The van der Waals surface area contributed by atoms with Crippen molar-refractivity contribution in [3.8, 4) is 6.07 Å². The lowest BCUT2D eigenvalue weighted by atomic mass is 9.81. The van der Waals surface area contributed by atoms with E-state index in [0.717, 1.165) is 11.1 Å². The zero-order valence-corrected chi connectivity index (χ0v) is 18.7. The van der Waals surface area contributed by atoms with E-state index in [9.17, 15) is 19.2 Å². The SMILES string of the molecule is CC(=O)C1=C(C)NC(SCC(=O)c2ccc(C)c(C)c2)=C(C#N)[C@@H]1c1ccc(F)cc1. The molecule has 0 aliphatic carbocycles. The first kappa shape index (κ1) is 22.5. The fraction of sp³-hybridized carbons (Fsp3) is 0.240. The third kappa shape index (κ3) is 4.78. The molecule has 3 rings (SSSR count). The van der Waals surface area contributed by atoms with Crippen LogP contribution >= 0.6 is 11.8 Å². The van der Waals surface area contributed by atoms with E-state index in [1.54, 1.807) is 25.1 Å². The van der Waals surface area contributed by atoms with Crippen LogP contribution < -0.4 is 5.32 Å². The summed E-state index contributed by atoms with van der Waals surface area (Å²) in [7, 11) is 0. The number of rotatable bonds is 6. The van der Waals surface area contributed by atoms with Gasteiger partial charge in [-0.3, -0.25) is 9.59 Å². The van der Waals surface area contributed by atoms with Crippen LogP contribution in [0.5, 0.6) is 0 Å². The van der Waals surface area contributed by atoms with Crippen molar-refractivity contribution in [2.24, 2.45) is 0 Å². The summed E-state index contributed by atoms with van der Waals surface area (Å²) < 4.78 is 13.5. The van der Waals surface area contributed by atoms with Crippen LogP contribution in [0.4, 0.5) is 4.39 Å². The van der Waals surface area contributed by atoms with E-state index >= 15 is 0 Å². The van der Waals surface area contributed by atoms with Crippen LogP contribution in [0.15, 0.2) is 64.3 Å². The molecular formula is C25H23FN2O2S. The molecule has 0 amide bonds. The van der Waals surface area contributed by atoms with Crippen LogP contribution in [-0.4, -0.2) is 17.3 Å². The summed E-state index contributed by atoms with van der Waals surface area (Å²) in [6.45, 7) is 7.18. The largest absolute Gasteiger partial charge is 0.353 e. The highest BCUT2D eigenvalue weighted by molar-refractivity contribution is 8.03. The molecule has 0 spiro atoms. The molecule has 0 unspecified atom stereocenters. The lowest BCUT2D eigenvalue weighted by Gasteiger charge is -2.29. The zero-order chi connectivity index (χ0) is 22.7. The van der Waals surface area contributed by atoms with Crippen LogP contribution in [0.25, 0.3) is 0 Å². The first-order valence-electron chi connectivity index (χ1n) is 9.84. The van der Waals surface area contributed by atoms with Gasteiger partial charge in [-0.05, 0) is 62.6 Å². The van der Waals surface area contributed by atoms with Crippen LogP contribution in [0.3, 0.4) is 0 Å². The fourth-order valence-corrected chi connectivity index (χ4v) is 4.60. The van der Waals surface area contributed by atoms with E-state index < -0.39 is 5.92 Å². The van der Waals surface area contributed by atoms with Crippen LogP contribution in [0.1, 0.15) is 46.8 Å². The smallest absolute Gasteiger partial charge is 0.173 e. The number of Topliss-reactive ketones (excluding diaryl/α,β-unsaturated/α-hetero) is 2. The number of halogens is 1. The number of nitriles is 1. The molecule has 158 valence electrons. The topological polar surface area (TPSA) is 70.0 Å². The van der Waals surface area contributed by atoms with Gasteiger partial charge in [-0.1, -0.05) is 36.0 Å². The monoisotopic (exact) mass is 434 g/mol. The summed E-state index contributed by atoms with van der Waals surface area (Å²) in [4.78, 5) is 25.1. The molecule has 0 aromatic heterocycles. The summed E-state index contributed by atoms with van der Waals surface area (Å²) in [5.74, 6) is -1.06. The summed E-state index contributed by atoms with van der Waals surface area (Å²) in [5, 5.41) is 13.6. The zero-order valence-electron chi connectivity index (χ0n) is 17.9. The fourth-order valence-electron chi connectivity index (χ4n) is 3.62. The number of dihydropyridines is 1. The second-order valence-corrected chi connectivity index (χ2v) is 8.56. The molecule has 0 radical (unpaired) electrons. The number of thioether (sulfide) groups is 1. The van der Waals surface area contributed by atoms with Gasteiger partial charge in [0.2, 0.25) is 0 Å². The minimum absolute atomic E-state index is 0.0444. The summed E-state index contributed by atoms with van der Waals surface area (Å²) in [5.41, 5.74) is 4.88. The number of carbonyl (C=O) groups excluding carboxylic acids is 2. The number of ketones is 2. The van der Waals surface area contributed by atoms with Gasteiger partial charge >= 0.3 is 0 Å². The highest BCUT2D eigenvalue weighted by Crippen LogP contribution is 2.40. The van der Waals surface area contributed by atoms with Gasteiger partial charge < -0.3 is 5.32 Å². The number of benzene rings is 2. The Balaban J connectivity index is 1.94. The number of carbonyl (C=O) groups is 2. The normalized spacial score (nSPS) is 16.1. The molecule has 4 nitrogen and oxygen atoms in total. The molecule has 31 heavy (non-hydrogen) atoms. The van der Waals surface area contributed by atoms with Gasteiger partial charge in [0.25, 0.3) is 0 Å². The summed E-state index contributed by atoms with van der Waals surface area (Å²) in [6, 6.07) is 13.6. The average molecular weight is 435 g/mol. The molecular weight excluding hydrogens is 411 g/mol. The molecule has 0 saturated carbocycles. The Morgan fingerprint density at radius 3 is 2.35 bits per heavy atom. The van der Waals surface area contributed by atoms with E-state index in [2.05, 4.69) is 11.4 Å². The second kappa shape index (κ2) is 9.32. The van der Waals surface area contributed by atoms with Crippen molar-refractivity contribution in [3.05, 3.63) is 92.4 Å². The van der Waals surface area contributed by atoms with Gasteiger partial charge in [0.05, 0.1) is 28.3 Å². The summed E-state index contributed by atoms with van der Waals surface area (Å²) >= 11 is 1.24. The Kier molecular flexibility index (Phi) is 6.77. The minimum atomic E-state index is -0.608. The Morgan fingerprint density at radius 2 is 1.77 bits per heavy atom.